The first-order chi connectivity index (χ1) is 11.6. The number of halogens is 1. The summed E-state index contributed by atoms with van der Waals surface area (Å²) >= 11 is 6.08. The highest BCUT2D eigenvalue weighted by atomic mass is 35.5. The number of nitrogens with one attached hydrogen (secondary N) is 2. The SMILES string of the molecule is O=C(Cc1cnccc1Cl)N[C@@H]1CCC(=O)N[C@H]1c1ccccc1. The van der Waals surface area contributed by atoms with Gasteiger partial charge in [0, 0.05) is 23.8 Å². The Hall–Kier alpha value is -2.40. The summed E-state index contributed by atoms with van der Waals surface area (Å²) in [6.45, 7) is 0. The van der Waals surface area contributed by atoms with Gasteiger partial charge in [-0.25, -0.2) is 0 Å². The fraction of sp³-hybridized carbons (Fsp3) is 0.278. The minimum atomic E-state index is -0.222. The molecule has 1 saturated heterocycles. The molecule has 1 aliphatic heterocycles. The van der Waals surface area contributed by atoms with Gasteiger partial charge in [0.15, 0.2) is 0 Å². The van der Waals surface area contributed by atoms with E-state index in [1.807, 2.05) is 30.3 Å². The molecule has 1 aromatic carbocycles. The maximum absolute atomic E-state index is 12.4. The van der Waals surface area contributed by atoms with E-state index in [1.54, 1.807) is 18.5 Å². The van der Waals surface area contributed by atoms with E-state index in [2.05, 4.69) is 15.6 Å². The lowest BCUT2D eigenvalue weighted by molar-refractivity contribution is -0.126. The lowest BCUT2D eigenvalue weighted by Gasteiger charge is -2.33. The van der Waals surface area contributed by atoms with Crippen molar-refractivity contribution in [2.75, 3.05) is 0 Å². The Kier molecular flexibility index (Phi) is 5.11. The summed E-state index contributed by atoms with van der Waals surface area (Å²) in [6.07, 6.45) is 4.36. The molecular formula is C18H18ClN3O2. The number of benzene rings is 1. The molecule has 1 aromatic heterocycles. The highest BCUT2D eigenvalue weighted by molar-refractivity contribution is 6.31. The number of rotatable bonds is 4. The molecule has 1 aliphatic rings. The van der Waals surface area contributed by atoms with Gasteiger partial charge in [0.2, 0.25) is 11.8 Å². The third kappa shape index (κ3) is 3.92. The van der Waals surface area contributed by atoms with Gasteiger partial charge in [0.1, 0.15) is 0 Å². The molecule has 2 amide bonds. The molecule has 2 atom stereocenters. The molecule has 24 heavy (non-hydrogen) atoms. The number of aromatic nitrogens is 1. The van der Waals surface area contributed by atoms with Gasteiger partial charge in [-0.15, -0.1) is 0 Å². The number of carbonyl (C=O) groups excluding carboxylic acids is 2. The van der Waals surface area contributed by atoms with Gasteiger partial charge in [-0.2, -0.15) is 0 Å². The van der Waals surface area contributed by atoms with E-state index in [-0.39, 0.29) is 30.3 Å². The first kappa shape index (κ1) is 16.5. The van der Waals surface area contributed by atoms with E-state index in [9.17, 15) is 9.59 Å². The molecule has 1 fully saturated rings. The zero-order valence-electron chi connectivity index (χ0n) is 13.0. The number of hydrogen-bond donors (Lipinski definition) is 2. The predicted octanol–water partition coefficient (Wildman–Crippen LogP) is 2.41. The summed E-state index contributed by atoms with van der Waals surface area (Å²) in [4.78, 5) is 28.1. The molecule has 2 aromatic rings. The van der Waals surface area contributed by atoms with E-state index in [0.29, 0.717) is 23.4 Å². The molecule has 2 heterocycles. The lowest BCUT2D eigenvalue weighted by Crippen LogP contribution is -2.50. The number of hydrogen-bond acceptors (Lipinski definition) is 3. The number of carbonyl (C=O) groups is 2. The van der Waals surface area contributed by atoms with Crippen molar-refractivity contribution in [1.29, 1.82) is 0 Å². The van der Waals surface area contributed by atoms with Crippen molar-refractivity contribution in [3.8, 4) is 0 Å². The van der Waals surface area contributed by atoms with Crippen LogP contribution in [-0.4, -0.2) is 22.8 Å². The molecule has 0 radical (unpaired) electrons. The van der Waals surface area contributed by atoms with Crippen LogP contribution in [0.3, 0.4) is 0 Å². The molecule has 5 nitrogen and oxygen atoms in total. The fourth-order valence-corrected chi connectivity index (χ4v) is 3.07. The van der Waals surface area contributed by atoms with Crippen LogP contribution in [0, 0.1) is 0 Å². The second-order valence-electron chi connectivity index (χ2n) is 5.81. The van der Waals surface area contributed by atoms with Crippen molar-refractivity contribution in [2.45, 2.75) is 31.3 Å². The van der Waals surface area contributed by atoms with E-state index in [4.69, 9.17) is 11.6 Å². The highest BCUT2D eigenvalue weighted by Gasteiger charge is 2.30. The first-order valence-corrected chi connectivity index (χ1v) is 8.23. The average Bonchev–Trinajstić information content (AvgIpc) is 2.59. The first-order valence-electron chi connectivity index (χ1n) is 7.85. The lowest BCUT2D eigenvalue weighted by atomic mass is 9.91. The van der Waals surface area contributed by atoms with Gasteiger partial charge in [-0.3, -0.25) is 14.6 Å². The average molecular weight is 344 g/mol. The topological polar surface area (TPSA) is 71.1 Å². The van der Waals surface area contributed by atoms with Crippen LogP contribution in [0.15, 0.2) is 48.8 Å². The quantitative estimate of drug-likeness (QED) is 0.895. The molecule has 0 aliphatic carbocycles. The second kappa shape index (κ2) is 7.45. The molecular weight excluding hydrogens is 326 g/mol. The molecule has 0 saturated carbocycles. The largest absolute Gasteiger partial charge is 0.351 e. The molecule has 0 unspecified atom stereocenters. The summed E-state index contributed by atoms with van der Waals surface area (Å²) in [5.41, 5.74) is 1.67. The maximum atomic E-state index is 12.4. The van der Waals surface area contributed by atoms with Crippen molar-refractivity contribution in [3.05, 3.63) is 64.9 Å². The smallest absolute Gasteiger partial charge is 0.224 e. The number of piperidine rings is 1. The summed E-state index contributed by atoms with van der Waals surface area (Å²) < 4.78 is 0. The predicted molar refractivity (Wildman–Crippen MR) is 91.4 cm³/mol. The zero-order chi connectivity index (χ0) is 16.9. The van der Waals surface area contributed by atoms with Gasteiger partial charge in [-0.05, 0) is 23.6 Å². The van der Waals surface area contributed by atoms with Crippen LogP contribution in [0.25, 0.3) is 0 Å². The van der Waals surface area contributed by atoms with Gasteiger partial charge >= 0.3 is 0 Å². The summed E-state index contributed by atoms with van der Waals surface area (Å²) in [5.74, 6) is -0.128. The van der Waals surface area contributed by atoms with Crippen LogP contribution in [0.5, 0.6) is 0 Å². The Morgan fingerprint density at radius 3 is 2.83 bits per heavy atom. The molecule has 6 heteroatoms. The zero-order valence-corrected chi connectivity index (χ0v) is 13.8. The van der Waals surface area contributed by atoms with E-state index >= 15 is 0 Å². The molecule has 0 bridgehead atoms. The molecule has 3 rings (SSSR count). The fourth-order valence-electron chi connectivity index (χ4n) is 2.90. The Labute approximate surface area is 145 Å². The van der Waals surface area contributed by atoms with Crippen LogP contribution in [0.1, 0.15) is 30.0 Å². The maximum Gasteiger partial charge on any atom is 0.224 e. The van der Waals surface area contributed by atoms with Gasteiger partial charge in [0.25, 0.3) is 0 Å². The normalized spacial score (nSPS) is 20.3. The van der Waals surface area contributed by atoms with Crippen LogP contribution in [0.2, 0.25) is 5.02 Å². The van der Waals surface area contributed by atoms with Crippen molar-refractivity contribution in [3.63, 3.8) is 0 Å². The summed E-state index contributed by atoms with van der Waals surface area (Å²) in [7, 11) is 0. The molecule has 0 spiro atoms. The highest BCUT2D eigenvalue weighted by Crippen LogP contribution is 2.24. The van der Waals surface area contributed by atoms with Crippen LogP contribution in [0.4, 0.5) is 0 Å². The Bertz CT molecular complexity index is 736. The van der Waals surface area contributed by atoms with Crippen molar-refractivity contribution in [2.24, 2.45) is 0 Å². The van der Waals surface area contributed by atoms with E-state index in [0.717, 1.165) is 5.56 Å². The van der Waals surface area contributed by atoms with Crippen LogP contribution < -0.4 is 10.6 Å². The third-order valence-electron chi connectivity index (χ3n) is 4.10. The number of pyridine rings is 1. The van der Waals surface area contributed by atoms with E-state index < -0.39 is 0 Å². The Morgan fingerprint density at radius 1 is 1.29 bits per heavy atom. The number of amides is 2. The van der Waals surface area contributed by atoms with Gasteiger partial charge < -0.3 is 10.6 Å². The van der Waals surface area contributed by atoms with Crippen molar-refractivity contribution in [1.82, 2.24) is 15.6 Å². The minimum absolute atomic E-state index is 0.00431. The van der Waals surface area contributed by atoms with Crippen LogP contribution >= 0.6 is 11.6 Å². The van der Waals surface area contributed by atoms with E-state index in [1.165, 1.54) is 0 Å². The summed E-state index contributed by atoms with van der Waals surface area (Å²) in [5, 5.41) is 6.52. The van der Waals surface area contributed by atoms with Crippen LogP contribution in [-0.2, 0) is 16.0 Å². The third-order valence-corrected chi connectivity index (χ3v) is 4.47. The molecule has 2 N–H and O–H groups in total. The Morgan fingerprint density at radius 2 is 2.08 bits per heavy atom. The Balaban J connectivity index is 1.71. The summed E-state index contributed by atoms with van der Waals surface area (Å²) in [6, 6.07) is 11.0. The standard InChI is InChI=1S/C18H18ClN3O2/c19-14-8-9-20-11-13(14)10-17(24)21-15-6-7-16(23)22-18(15)12-4-2-1-3-5-12/h1-5,8-9,11,15,18H,6-7,10H2,(H,21,24)(H,22,23)/t15-,18+/m1/s1. The number of nitrogens with zero attached hydrogens (tertiary/aromatic N) is 1. The monoisotopic (exact) mass is 343 g/mol. The van der Waals surface area contributed by atoms with Crippen molar-refractivity contribution >= 4 is 23.4 Å². The van der Waals surface area contributed by atoms with Crippen molar-refractivity contribution < 1.29 is 9.59 Å². The molecule has 124 valence electrons. The minimum Gasteiger partial charge on any atom is -0.351 e. The van der Waals surface area contributed by atoms with Gasteiger partial charge in [-0.1, -0.05) is 41.9 Å². The van der Waals surface area contributed by atoms with Gasteiger partial charge in [0.05, 0.1) is 18.5 Å². The second-order valence-corrected chi connectivity index (χ2v) is 6.22.